The maximum atomic E-state index is 10.1. The van der Waals surface area contributed by atoms with Crippen LogP contribution in [0.5, 0.6) is 0 Å². The van der Waals surface area contributed by atoms with Gasteiger partial charge in [-0.15, -0.1) is 0 Å². The molecule has 0 rings (SSSR count). The van der Waals surface area contributed by atoms with Crippen molar-refractivity contribution >= 4 is 5.97 Å². The van der Waals surface area contributed by atoms with Gasteiger partial charge in [-0.25, -0.2) is 4.79 Å². The second-order valence-corrected chi connectivity index (χ2v) is 1.10. The quantitative estimate of drug-likeness (QED) is 0.442. The molecule has 0 unspecified atom stereocenters. The van der Waals surface area contributed by atoms with Crippen LogP contribution in [0.1, 0.15) is 0 Å². The van der Waals surface area contributed by atoms with Gasteiger partial charge in [-0.3, -0.25) is 0 Å². The fourth-order valence-electron chi connectivity index (χ4n) is 0.205. The molecule has 0 aromatic heterocycles. The third kappa shape index (κ3) is 7.91. The molecule has 1 N–H and O–H groups in total. The monoisotopic (exact) mass is 313 g/mol. The molecule has 0 spiro atoms. The van der Waals surface area contributed by atoms with E-state index >= 15 is 0 Å². The third-order valence-corrected chi connectivity index (χ3v) is 0.502. The first kappa shape index (κ1) is 11.7. The molecule has 9 heavy (non-hydrogen) atoms. The second-order valence-electron chi connectivity index (χ2n) is 1.10. The molecule has 0 aliphatic carbocycles. The van der Waals surface area contributed by atoms with Crippen molar-refractivity contribution in [2.45, 2.75) is 0 Å². The molecule has 0 aliphatic heterocycles. The van der Waals surface area contributed by atoms with Gasteiger partial charge in [0.25, 0.3) is 0 Å². The van der Waals surface area contributed by atoms with E-state index in [-0.39, 0.29) is 35.6 Å². The van der Waals surface area contributed by atoms with E-state index in [1.54, 1.807) is 0 Å². The van der Waals surface area contributed by atoms with Crippen molar-refractivity contribution in [1.29, 1.82) is 0 Å². The van der Waals surface area contributed by atoms with E-state index < -0.39 is 5.97 Å². The predicted molar refractivity (Wildman–Crippen MR) is 28.2 cm³/mol. The number of esters is 1. The topological polar surface area (TPSA) is 46.5 Å². The van der Waals surface area contributed by atoms with Crippen molar-refractivity contribution in [1.82, 2.24) is 0 Å². The summed E-state index contributed by atoms with van der Waals surface area (Å²) in [7, 11) is 0. The van der Waals surface area contributed by atoms with Crippen molar-refractivity contribution in [2.24, 2.45) is 0 Å². The Hall–Kier alpha value is -0.0897. The van der Waals surface area contributed by atoms with Crippen LogP contribution in [-0.2, 0) is 31.9 Å². The van der Waals surface area contributed by atoms with Crippen molar-refractivity contribution in [2.75, 3.05) is 13.2 Å². The molecule has 0 aromatic carbocycles. The maximum absolute atomic E-state index is 10.1. The molecule has 0 fully saturated rings. The van der Waals surface area contributed by atoms with Crippen LogP contribution in [0.25, 0.3) is 0 Å². The number of hydrogen-bond acceptors (Lipinski definition) is 3. The molecule has 0 aliphatic rings. The summed E-state index contributed by atoms with van der Waals surface area (Å²) in [5.41, 5.74) is 0. The maximum Gasteiger partial charge on any atom is 0.330 e. The molecule has 0 saturated carbocycles. The smallest absolute Gasteiger partial charge is 0.330 e. The number of aliphatic hydroxyl groups is 1. The molecule has 0 aromatic rings. The number of ether oxygens (including phenoxy) is 1. The summed E-state index contributed by atoms with van der Waals surface area (Å²) < 4.78 is 4.33. The van der Waals surface area contributed by atoms with Gasteiger partial charge in [0.1, 0.15) is 6.61 Å². The van der Waals surface area contributed by atoms with Crippen molar-refractivity contribution in [3.63, 3.8) is 0 Å². The van der Waals surface area contributed by atoms with Gasteiger partial charge in [-0.2, -0.15) is 0 Å². The summed E-state index contributed by atoms with van der Waals surface area (Å²) in [4.78, 5) is 10.1. The second kappa shape index (κ2) is 7.91. The van der Waals surface area contributed by atoms with Crippen molar-refractivity contribution in [3.05, 3.63) is 12.7 Å². The van der Waals surface area contributed by atoms with Crippen LogP contribution in [0.15, 0.2) is 12.7 Å². The zero-order valence-corrected chi connectivity index (χ0v) is 6.93. The van der Waals surface area contributed by atoms with E-state index in [9.17, 15) is 4.79 Å². The molecule has 4 heteroatoms. The minimum absolute atomic E-state index is 0. The Kier molecular flexibility index (Phi) is 10.3. The van der Waals surface area contributed by atoms with Gasteiger partial charge in [-0.1, -0.05) is 6.58 Å². The van der Waals surface area contributed by atoms with Gasteiger partial charge < -0.3 is 9.84 Å². The number of hydrogen-bond donors (Lipinski definition) is 1. The Morgan fingerprint density at radius 3 is 2.67 bits per heavy atom. The van der Waals surface area contributed by atoms with Gasteiger partial charge in [0, 0.05) is 28.5 Å². The van der Waals surface area contributed by atoms with Gasteiger partial charge in [-0.05, 0) is 0 Å². The Morgan fingerprint density at radius 2 is 2.33 bits per heavy atom. The summed E-state index contributed by atoms with van der Waals surface area (Å²) in [6.45, 7) is 3.06. The van der Waals surface area contributed by atoms with Crippen LogP contribution in [0.3, 0.4) is 0 Å². The number of carbonyl (C=O) groups excluding carboxylic acids is 1. The molecule has 1 radical (unpaired) electrons. The SMILES string of the molecule is C=CC(=O)OCCO.[Au]. The van der Waals surface area contributed by atoms with Crippen molar-refractivity contribution in [3.8, 4) is 0 Å². The molecule has 57 valence electrons. The van der Waals surface area contributed by atoms with Gasteiger partial charge in [0.15, 0.2) is 0 Å². The van der Waals surface area contributed by atoms with Gasteiger partial charge in [0.2, 0.25) is 0 Å². The fourth-order valence-corrected chi connectivity index (χ4v) is 0.205. The molecule has 0 amide bonds. The first-order valence-electron chi connectivity index (χ1n) is 2.21. The number of aliphatic hydroxyl groups excluding tert-OH is 1. The Bertz CT molecular complexity index is 92.2. The number of rotatable bonds is 3. The first-order chi connectivity index (χ1) is 3.81. The van der Waals surface area contributed by atoms with E-state index in [1.807, 2.05) is 0 Å². The zero-order valence-electron chi connectivity index (χ0n) is 4.76. The van der Waals surface area contributed by atoms with Crippen LogP contribution < -0.4 is 0 Å². The van der Waals surface area contributed by atoms with Crippen LogP contribution in [0.4, 0.5) is 0 Å². The van der Waals surface area contributed by atoms with Gasteiger partial charge >= 0.3 is 5.97 Å². The number of carbonyl (C=O) groups is 1. The molecule has 0 bridgehead atoms. The summed E-state index contributed by atoms with van der Waals surface area (Å²) in [5, 5.41) is 8.10. The van der Waals surface area contributed by atoms with Crippen LogP contribution in [0.2, 0.25) is 0 Å². The van der Waals surface area contributed by atoms with E-state index in [0.717, 1.165) is 6.08 Å². The fraction of sp³-hybridized carbons (Fsp3) is 0.400. The van der Waals surface area contributed by atoms with E-state index in [1.165, 1.54) is 0 Å². The molecular weight excluding hydrogens is 305 g/mol. The summed E-state index contributed by atoms with van der Waals surface area (Å²) in [6.07, 6.45) is 1.05. The summed E-state index contributed by atoms with van der Waals surface area (Å²) in [5.74, 6) is -0.501. The summed E-state index contributed by atoms with van der Waals surface area (Å²) in [6, 6.07) is 0. The third-order valence-electron chi connectivity index (χ3n) is 0.502. The van der Waals surface area contributed by atoms with E-state index in [2.05, 4.69) is 11.3 Å². The average Bonchev–Trinajstić information content (AvgIpc) is 1.83. The largest absolute Gasteiger partial charge is 0.460 e. The van der Waals surface area contributed by atoms with Gasteiger partial charge in [0.05, 0.1) is 6.61 Å². The van der Waals surface area contributed by atoms with E-state index in [0.29, 0.717) is 0 Å². The average molecular weight is 313 g/mol. The van der Waals surface area contributed by atoms with Crippen LogP contribution in [-0.4, -0.2) is 24.3 Å². The minimum atomic E-state index is -0.501. The Morgan fingerprint density at radius 1 is 1.78 bits per heavy atom. The normalized spacial score (nSPS) is 7.22. The predicted octanol–water partition coefficient (Wildman–Crippen LogP) is -0.295. The van der Waals surface area contributed by atoms with E-state index in [4.69, 9.17) is 5.11 Å². The molecular formula is C5H8AuO3. The van der Waals surface area contributed by atoms with Crippen LogP contribution >= 0.6 is 0 Å². The first-order valence-corrected chi connectivity index (χ1v) is 2.21. The van der Waals surface area contributed by atoms with Crippen LogP contribution in [0, 0.1) is 0 Å². The molecule has 3 nitrogen and oxygen atoms in total. The molecule has 0 atom stereocenters. The minimum Gasteiger partial charge on any atom is -0.460 e. The Balaban J connectivity index is 0. The van der Waals surface area contributed by atoms with Crippen molar-refractivity contribution < 1.29 is 37.0 Å². The molecule has 0 heterocycles. The Labute approximate surface area is 69.2 Å². The summed E-state index contributed by atoms with van der Waals surface area (Å²) >= 11 is 0. The standard InChI is InChI=1S/C5H8O3.Au/c1-2-5(7)8-4-3-6;/h2,6H,1,3-4H2;. The molecule has 0 saturated heterocycles. The zero-order chi connectivity index (χ0) is 6.41.